The predicted molar refractivity (Wildman–Crippen MR) is 33.4 cm³/mol. The molecule has 0 radical (unpaired) electrons. The first-order valence-electron chi connectivity index (χ1n) is 2.52. The van der Waals surface area contributed by atoms with Crippen molar-refractivity contribution in [2.75, 3.05) is 5.94 Å². The zero-order valence-corrected chi connectivity index (χ0v) is 5.39. The van der Waals surface area contributed by atoms with Crippen molar-refractivity contribution in [3.63, 3.8) is 0 Å². The highest BCUT2D eigenvalue weighted by Gasteiger charge is 2.12. The van der Waals surface area contributed by atoms with Crippen LogP contribution in [0.3, 0.4) is 0 Å². The second-order valence-corrected chi connectivity index (χ2v) is 2.51. The van der Waals surface area contributed by atoms with Crippen molar-refractivity contribution in [3.05, 3.63) is 12.5 Å². The maximum atomic E-state index is 5.14. The van der Waals surface area contributed by atoms with Crippen LogP contribution in [0.15, 0.2) is 17.6 Å². The number of rotatable bonds is 0. The zero-order chi connectivity index (χ0) is 6.10. The van der Waals surface area contributed by atoms with Gasteiger partial charge in [-0.1, -0.05) is 11.8 Å². The lowest BCUT2D eigenvalue weighted by atomic mass is 10.6. The number of fused-ring (bicyclic) bond motifs is 1. The fourth-order valence-electron chi connectivity index (χ4n) is 0.662. The van der Waals surface area contributed by atoms with Crippen LogP contribution >= 0.6 is 11.8 Å². The van der Waals surface area contributed by atoms with Gasteiger partial charge in [-0.15, -0.1) is 0 Å². The molecule has 0 amide bonds. The Kier molecular flexibility index (Phi) is 1.05. The molecule has 0 saturated carbocycles. The van der Waals surface area contributed by atoms with E-state index in [0.29, 0.717) is 5.94 Å². The molecule has 3 nitrogen and oxygen atoms in total. The molecule has 1 aliphatic heterocycles. The van der Waals surface area contributed by atoms with Crippen LogP contribution in [0.2, 0.25) is 0 Å². The Hall–Kier alpha value is -0.770. The smallest absolute Gasteiger partial charge is 0.171 e. The molecular weight excluding hydrogens is 136 g/mol. The lowest BCUT2D eigenvalue weighted by Gasteiger charge is -1.90. The van der Waals surface area contributed by atoms with Gasteiger partial charge in [0.1, 0.15) is 17.3 Å². The Balaban J connectivity index is 2.54. The van der Waals surface area contributed by atoms with Gasteiger partial charge in [0.2, 0.25) is 0 Å². The summed E-state index contributed by atoms with van der Waals surface area (Å²) in [6.45, 7) is 0. The average Bonchev–Trinajstić information content (AvgIpc) is 2.33. The van der Waals surface area contributed by atoms with Crippen LogP contribution < -0.4 is 4.74 Å². The first-order chi connectivity index (χ1) is 4.47. The lowest BCUT2D eigenvalue weighted by Crippen LogP contribution is -1.83. The van der Waals surface area contributed by atoms with Gasteiger partial charge in [0.25, 0.3) is 0 Å². The average molecular weight is 140 g/mol. The van der Waals surface area contributed by atoms with Crippen LogP contribution in [0.25, 0.3) is 0 Å². The minimum absolute atomic E-state index is 0.675. The van der Waals surface area contributed by atoms with Crippen molar-refractivity contribution in [1.82, 2.24) is 9.97 Å². The van der Waals surface area contributed by atoms with E-state index in [1.165, 1.54) is 6.33 Å². The van der Waals surface area contributed by atoms with E-state index >= 15 is 0 Å². The number of nitrogens with zero attached hydrogens (tertiary/aromatic N) is 2. The first kappa shape index (κ1) is 5.05. The molecule has 0 spiro atoms. The Morgan fingerprint density at radius 2 is 2.67 bits per heavy atom. The summed E-state index contributed by atoms with van der Waals surface area (Å²) in [5.41, 5.74) is 0. The van der Waals surface area contributed by atoms with Crippen LogP contribution in [0.1, 0.15) is 0 Å². The van der Waals surface area contributed by atoms with E-state index in [1.54, 1.807) is 18.0 Å². The van der Waals surface area contributed by atoms with Crippen molar-refractivity contribution < 1.29 is 4.74 Å². The zero-order valence-electron chi connectivity index (χ0n) is 4.57. The van der Waals surface area contributed by atoms with Gasteiger partial charge in [0.05, 0.1) is 6.20 Å². The third-order valence-corrected chi connectivity index (χ3v) is 1.87. The van der Waals surface area contributed by atoms with Gasteiger partial charge in [0.15, 0.2) is 5.75 Å². The van der Waals surface area contributed by atoms with Crippen LogP contribution in [0.4, 0.5) is 0 Å². The molecule has 0 atom stereocenters. The monoisotopic (exact) mass is 140 g/mol. The second kappa shape index (κ2) is 1.88. The molecule has 1 aliphatic rings. The van der Waals surface area contributed by atoms with Crippen molar-refractivity contribution in [2.24, 2.45) is 0 Å². The number of hydrogen-bond acceptors (Lipinski definition) is 4. The summed E-state index contributed by atoms with van der Waals surface area (Å²) in [5.74, 6) is 1.48. The molecule has 0 N–H and O–H groups in total. The molecule has 0 aromatic carbocycles. The minimum atomic E-state index is 0.675. The van der Waals surface area contributed by atoms with Crippen molar-refractivity contribution in [1.29, 1.82) is 0 Å². The van der Waals surface area contributed by atoms with Crippen molar-refractivity contribution in [3.8, 4) is 5.75 Å². The Bertz CT molecular complexity index is 205. The molecule has 1 aromatic rings. The van der Waals surface area contributed by atoms with E-state index < -0.39 is 0 Å². The van der Waals surface area contributed by atoms with Gasteiger partial charge in [-0.25, -0.2) is 9.97 Å². The summed E-state index contributed by atoms with van der Waals surface area (Å²) in [6.07, 6.45) is 3.21. The molecular formula is C5H4N2OS. The highest BCUT2D eigenvalue weighted by Crippen LogP contribution is 2.32. The Morgan fingerprint density at radius 1 is 1.67 bits per heavy atom. The van der Waals surface area contributed by atoms with Crippen LogP contribution in [-0.2, 0) is 0 Å². The van der Waals surface area contributed by atoms with Gasteiger partial charge in [-0.2, -0.15) is 0 Å². The molecule has 4 heteroatoms. The standard InChI is InChI=1S/C5H4N2OS/c1-4-5(7-2-6-1)9-3-8-4/h1-2H,3H2. The maximum Gasteiger partial charge on any atom is 0.171 e. The van der Waals surface area contributed by atoms with E-state index in [4.69, 9.17) is 4.74 Å². The molecule has 46 valence electrons. The number of aromatic nitrogens is 2. The molecule has 0 fully saturated rings. The van der Waals surface area contributed by atoms with Crippen molar-refractivity contribution in [2.45, 2.75) is 5.03 Å². The summed E-state index contributed by atoms with van der Waals surface area (Å²) in [5, 5.41) is 0.949. The van der Waals surface area contributed by atoms with Gasteiger partial charge < -0.3 is 4.74 Å². The molecule has 0 saturated heterocycles. The van der Waals surface area contributed by atoms with Gasteiger partial charge >= 0.3 is 0 Å². The molecule has 0 unspecified atom stereocenters. The highest BCUT2D eigenvalue weighted by atomic mass is 32.2. The predicted octanol–water partition coefficient (Wildman–Crippen LogP) is 0.919. The van der Waals surface area contributed by atoms with Crippen molar-refractivity contribution >= 4 is 11.8 Å². The molecule has 0 aliphatic carbocycles. The highest BCUT2D eigenvalue weighted by molar-refractivity contribution is 7.99. The summed E-state index contributed by atoms with van der Waals surface area (Å²) in [6, 6.07) is 0. The maximum absolute atomic E-state index is 5.14. The summed E-state index contributed by atoms with van der Waals surface area (Å²) >= 11 is 1.59. The van der Waals surface area contributed by atoms with Gasteiger partial charge in [-0.3, -0.25) is 0 Å². The molecule has 9 heavy (non-hydrogen) atoms. The largest absolute Gasteiger partial charge is 0.478 e. The first-order valence-corrected chi connectivity index (χ1v) is 3.51. The summed E-state index contributed by atoms with van der Waals surface area (Å²) < 4.78 is 5.14. The quantitative estimate of drug-likeness (QED) is 0.502. The molecule has 1 aromatic heterocycles. The van der Waals surface area contributed by atoms with Crippen LogP contribution in [0.5, 0.6) is 5.75 Å². The Labute approximate surface area is 56.5 Å². The van der Waals surface area contributed by atoms with E-state index in [2.05, 4.69) is 9.97 Å². The van der Waals surface area contributed by atoms with E-state index in [9.17, 15) is 0 Å². The lowest BCUT2D eigenvalue weighted by molar-refractivity contribution is 0.393. The summed E-state index contributed by atoms with van der Waals surface area (Å²) in [4.78, 5) is 7.79. The third-order valence-electron chi connectivity index (χ3n) is 1.05. The van der Waals surface area contributed by atoms with E-state index in [1.807, 2.05) is 0 Å². The second-order valence-electron chi connectivity index (χ2n) is 1.60. The Morgan fingerprint density at radius 3 is 3.56 bits per heavy atom. The fraction of sp³-hybridized carbons (Fsp3) is 0.200. The van der Waals surface area contributed by atoms with Crippen LogP contribution in [-0.4, -0.2) is 15.9 Å². The van der Waals surface area contributed by atoms with Gasteiger partial charge in [0, 0.05) is 0 Å². The SMILES string of the molecule is c1ncc2c(n1)SCO2. The number of ether oxygens (including phenoxy) is 1. The summed E-state index contributed by atoms with van der Waals surface area (Å²) in [7, 11) is 0. The molecule has 2 rings (SSSR count). The minimum Gasteiger partial charge on any atom is -0.478 e. The number of hydrogen-bond donors (Lipinski definition) is 0. The topological polar surface area (TPSA) is 35.0 Å². The fourth-order valence-corrected chi connectivity index (χ4v) is 1.33. The molecule has 0 bridgehead atoms. The third kappa shape index (κ3) is 0.751. The van der Waals surface area contributed by atoms with Gasteiger partial charge in [-0.05, 0) is 0 Å². The van der Waals surface area contributed by atoms with E-state index in [0.717, 1.165) is 10.8 Å². The van der Waals surface area contributed by atoms with Crippen LogP contribution in [0, 0.1) is 0 Å². The molecule has 2 heterocycles. The van der Waals surface area contributed by atoms with E-state index in [-0.39, 0.29) is 0 Å². The number of thioether (sulfide) groups is 1. The normalized spacial score (nSPS) is 14.7.